The van der Waals surface area contributed by atoms with Gasteiger partial charge in [0.1, 0.15) is 0 Å². The number of likely N-dealkylation sites (N-methyl/N-ethyl adjacent to an activating group) is 1. The number of hydrogen-bond donors (Lipinski definition) is 2. The Kier molecular flexibility index (Phi) is 6.96. The van der Waals surface area contributed by atoms with Gasteiger partial charge in [-0.3, -0.25) is 4.79 Å². The van der Waals surface area contributed by atoms with Crippen molar-refractivity contribution in [2.45, 2.75) is 50.7 Å². The molecule has 2 N–H and O–H groups in total. The number of benzene rings is 1. The molecule has 1 atom stereocenters. The first kappa shape index (κ1) is 20.0. The molecule has 1 saturated heterocycles. The SMILES string of the molecule is CN(C(=O)[C@H]1CC[C@H](NC(=O)NCc2ccc(Cl)cc2)CC1)[C@@H]1CCOC1. The van der Waals surface area contributed by atoms with Crippen LogP contribution in [0.2, 0.25) is 5.02 Å². The van der Waals surface area contributed by atoms with Gasteiger partial charge in [-0.2, -0.15) is 0 Å². The zero-order chi connectivity index (χ0) is 19.2. The molecule has 3 amide bonds. The van der Waals surface area contributed by atoms with Crippen LogP contribution in [0.25, 0.3) is 0 Å². The van der Waals surface area contributed by atoms with E-state index in [4.69, 9.17) is 16.3 Å². The lowest BCUT2D eigenvalue weighted by Gasteiger charge is -2.32. The third kappa shape index (κ3) is 5.59. The molecule has 0 bridgehead atoms. The zero-order valence-corrected chi connectivity index (χ0v) is 16.5. The normalized spacial score (nSPS) is 25.0. The lowest BCUT2D eigenvalue weighted by molar-refractivity contribution is -0.137. The van der Waals surface area contributed by atoms with Crippen molar-refractivity contribution in [3.8, 4) is 0 Å². The Balaban J connectivity index is 1.37. The second kappa shape index (κ2) is 9.42. The predicted octanol–water partition coefficient (Wildman–Crippen LogP) is 2.95. The van der Waals surface area contributed by atoms with Crippen LogP contribution >= 0.6 is 11.6 Å². The van der Waals surface area contributed by atoms with Crippen LogP contribution in [0.4, 0.5) is 4.79 Å². The Morgan fingerprint density at radius 1 is 1.15 bits per heavy atom. The summed E-state index contributed by atoms with van der Waals surface area (Å²) in [6.45, 7) is 1.85. The van der Waals surface area contributed by atoms with E-state index in [0.717, 1.165) is 44.3 Å². The monoisotopic (exact) mass is 393 g/mol. The third-order valence-electron chi connectivity index (χ3n) is 5.58. The van der Waals surface area contributed by atoms with Gasteiger partial charge in [-0.05, 0) is 49.8 Å². The maximum absolute atomic E-state index is 12.7. The van der Waals surface area contributed by atoms with Gasteiger partial charge in [-0.25, -0.2) is 4.79 Å². The van der Waals surface area contributed by atoms with Crippen molar-refractivity contribution < 1.29 is 14.3 Å². The number of urea groups is 1. The van der Waals surface area contributed by atoms with Crippen molar-refractivity contribution in [1.82, 2.24) is 15.5 Å². The molecule has 3 rings (SSSR count). The molecule has 1 aromatic carbocycles. The molecule has 1 aliphatic carbocycles. The van der Waals surface area contributed by atoms with E-state index in [-0.39, 0.29) is 29.9 Å². The van der Waals surface area contributed by atoms with Crippen molar-refractivity contribution in [3.05, 3.63) is 34.9 Å². The maximum atomic E-state index is 12.7. The number of rotatable bonds is 5. The molecule has 148 valence electrons. The molecule has 1 aromatic rings. The van der Waals surface area contributed by atoms with E-state index in [2.05, 4.69) is 10.6 Å². The van der Waals surface area contributed by atoms with Crippen molar-refractivity contribution in [3.63, 3.8) is 0 Å². The van der Waals surface area contributed by atoms with E-state index in [9.17, 15) is 9.59 Å². The summed E-state index contributed by atoms with van der Waals surface area (Å²) < 4.78 is 5.38. The van der Waals surface area contributed by atoms with Crippen LogP contribution in [0.1, 0.15) is 37.7 Å². The molecule has 0 unspecified atom stereocenters. The number of ether oxygens (including phenoxy) is 1. The van der Waals surface area contributed by atoms with Crippen LogP contribution in [-0.4, -0.2) is 49.2 Å². The van der Waals surface area contributed by atoms with Crippen molar-refractivity contribution in [2.24, 2.45) is 5.92 Å². The minimum absolute atomic E-state index is 0.0609. The van der Waals surface area contributed by atoms with Crippen molar-refractivity contribution in [1.29, 1.82) is 0 Å². The minimum Gasteiger partial charge on any atom is -0.379 e. The molecule has 1 heterocycles. The molecule has 1 aliphatic heterocycles. The number of halogens is 1. The molecule has 2 fully saturated rings. The summed E-state index contributed by atoms with van der Waals surface area (Å²) in [6.07, 6.45) is 4.23. The van der Waals surface area contributed by atoms with Crippen LogP contribution < -0.4 is 10.6 Å². The van der Waals surface area contributed by atoms with Gasteiger partial charge in [0.2, 0.25) is 5.91 Å². The molecular formula is C20H28ClN3O3. The van der Waals surface area contributed by atoms with Crippen LogP contribution in [0.5, 0.6) is 0 Å². The first-order valence-electron chi connectivity index (χ1n) is 9.66. The molecule has 6 nitrogen and oxygen atoms in total. The van der Waals surface area contributed by atoms with Gasteiger partial charge < -0.3 is 20.3 Å². The number of carbonyl (C=O) groups excluding carboxylic acids is 2. The van der Waals surface area contributed by atoms with Crippen LogP contribution in [-0.2, 0) is 16.1 Å². The average Bonchev–Trinajstić information content (AvgIpc) is 3.22. The Bertz CT molecular complexity index is 638. The molecular weight excluding hydrogens is 366 g/mol. The minimum atomic E-state index is -0.167. The summed E-state index contributed by atoms with van der Waals surface area (Å²) in [6, 6.07) is 7.58. The fraction of sp³-hybridized carbons (Fsp3) is 0.600. The van der Waals surface area contributed by atoms with E-state index in [0.29, 0.717) is 18.2 Å². The Labute approximate surface area is 165 Å². The van der Waals surface area contributed by atoms with Gasteiger partial charge in [0.25, 0.3) is 0 Å². The number of carbonyl (C=O) groups is 2. The fourth-order valence-electron chi connectivity index (χ4n) is 3.80. The second-order valence-corrected chi connectivity index (χ2v) is 7.91. The molecule has 0 aromatic heterocycles. The topological polar surface area (TPSA) is 70.7 Å². The highest BCUT2D eigenvalue weighted by Gasteiger charge is 2.32. The van der Waals surface area contributed by atoms with Gasteiger partial charge in [-0.1, -0.05) is 23.7 Å². The number of nitrogens with zero attached hydrogens (tertiary/aromatic N) is 1. The average molecular weight is 394 g/mol. The summed E-state index contributed by atoms with van der Waals surface area (Å²) in [7, 11) is 1.89. The summed E-state index contributed by atoms with van der Waals surface area (Å²) in [5.41, 5.74) is 1.00. The Hall–Kier alpha value is -1.79. The summed E-state index contributed by atoms with van der Waals surface area (Å²) >= 11 is 5.86. The van der Waals surface area contributed by atoms with Crippen LogP contribution in [0.3, 0.4) is 0 Å². The van der Waals surface area contributed by atoms with Crippen molar-refractivity contribution >= 4 is 23.5 Å². The highest BCUT2D eigenvalue weighted by molar-refractivity contribution is 6.30. The smallest absolute Gasteiger partial charge is 0.315 e. The Morgan fingerprint density at radius 3 is 2.48 bits per heavy atom. The quantitative estimate of drug-likeness (QED) is 0.807. The third-order valence-corrected chi connectivity index (χ3v) is 5.83. The lowest BCUT2D eigenvalue weighted by Crippen LogP contribution is -2.46. The van der Waals surface area contributed by atoms with Gasteiger partial charge in [0.05, 0.1) is 12.6 Å². The molecule has 0 radical (unpaired) electrons. The lowest BCUT2D eigenvalue weighted by atomic mass is 9.85. The van der Waals surface area contributed by atoms with E-state index < -0.39 is 0 Å². The largest absolute Gasteiger partial charge is 0.379 e. The molecule has 27 heavy (non-hydrogen) atoms. The van der Waals surface area contributed by atoms with Gasteiger partial charge in [0, 0.05) is 37.2 Å². The Morgan fingerprint density at radius 2 is 1.85 bits per heavy atom. The fourth-order valence-corrected chi connectivity index (χ4v) is 3.93. The highest BCUT2D eigenvalue weighted by Crippen LogP contribution is 2.27. The van der Waals surface area contributed by atoms with E-state index >= 15 is 0 Å². The van der Waals surface area contributed by atoms with Gasteiger partial charge >= 0.3 is 6.03 Å². The summed E-state index contributed by atoms with van der Waals surface area (Å²) in [5.74, 6) is 0.280. The van der Waals surface area contributed by atoms with Gasteiger partial charge in [0.15, 0.2) is 0 Å². The van der Waals surface area contributed by atoms with Gasteiger partial charge in [-0.15, -0.1) is 0 Å². The highest BCUT2D eigenvalue weighted by atomic mass is 35.5. The number of nitrogens with one attached hydrogen (secondary N) is 2. The molecule has 7 heteroatoms. The zero-order valence-electron chi connectivity index (χ0n) is 15.7. The first-order chi connectivity index (χ1) is 13.0. The van der Waals surface area contributed by atoms with E-state index in [1.54, 1.807) is 0 Å². The summed E-state index contributed by atoms with van der Waals surface area (Å²) in [5, 5.41) is 6.58. The van der Waals surface area contributed by atoms with Crippen LogP contribution in [0, 0.1) is 5.92 Å². The molecule has 2 aliphatic rings. The molecule has 1 saturated carbocycles. The van der Waals surface area contributed by atoms with Crippen molar-refractivity contribution in [2.75, 3.05) is 20.3 Å². The molecule has 0 spiro atoms. The predicted molar refractivity (Wildman–Crippen MR) is 105 cm³/mol. The standard InChI is InChI=1S/C20H28ClN3O3/c1-24(18-10-11-27-13-18)19(25)15-4-8-17(9-5-15)23-20(26)22-12-14-2-6-16(21)7-3-14/h2-3,6-7,15,17-18H,4-5,8-13H2,1H3,(H2,22,23,26)/t15-,17-,18-/m1/s1. The van der Waals surface area contributed by atoms with E-state index in [1.165, 1.54) is 0 Å². The number of amides is 3. The number of hydrogen-bond acceptors (Lipinski definition) is 3. The summed E-state index contributed by atoms with van der Waals surface area (Å²) in [4.78, 5) is 26.6. The van der Waals surface area contributed by atoms with E-state index in [1.807, 2.05) is 36.2 Å². The first-order valence-corrected chi connectivity index (χ1v) is 10.0. The van der Waals surface area contributed by atoms with Crippen LogP contribution in [0.15, 0.2) is 24.3 Å². The maximum Gasteiger partial charge on any atom is 0.315 e. The second-order valence-electron chi connectivity index (χ2n) is 7.47.